The lowest BCUT2D eigenvalue weighted by Crippen LogP contribution is -2.28. The van der Waals surface area contributed by atoms with Crippen molar-refractivity contribution in [3.8, 4) is 0 Å². The zero-order chi connectivity index (χ0) is 20.2. The molecule has 0 radical (unpaired) electrons. The molecule has 2 aromatic carbocycles. The van der Waals surface area contributed by atoms with E-state index in [9.17, 15) is 14.4 Å². The van der Waals surface area contributed by atoms with Crippen LogP contribution in [0.3, 0.4) is 0 Å². The fourth-order valence-electron chi connectivity index (χ4n) is 3.45. The molecule has 1 fully saturated rings. The summed E-state index contributed by atoms with van der Waals surface area (Å²) in [6, 6.07) is 16.8. The average molecular weight is 392 g/mol. The Kier molecular flexibility index (Phi) is 5.29. The molecule has 1 saturated heterocycles. The summed E-state index contributed by atoms with van der Waals surface area (Å²) >= 11 is 0. The van der Waals surface area contributed by atoms with Gasteiger partial charge >= 0.3 is 5.97 Å². The summed E-state index contributed by atoms with van der Waals surface area (Å²) in [5, 5.41) is 4.68. The first-order valence-corrected chi connectivity index (χ1v) is 9.34. The molecule has 0 saturated carbocycles. The number of amides is 2. The summed E-state index contributed by atoms with van der Waals surface area (Å²) < 4.78 is 10.4. The normalized spacial score (nSPS) is 16.2. The number of hydrogen-bond donors (Lipinski definition) is 1. The number of likely N-dealkylation sites (tertiary alicyclic amines) is 1. The maximum Gasteiger partial charge on any atom is 0.311 e. The molecule has 7 heteroatoms. The van der Waals surface area contributed by atoms with Gasteiger partial charge in [0.2, 0.25) is 5.91 Å². The summed E-state index contributed by atoms with van der Waals surface area (Å²) in [5.74, 6) is -1.03. The molecule has 2 heterocycles. The Balaban J connectivity index is 1.30. The molecule has 3 aromatic rings. The van der Waals surface area contributed by atoms with Gasteiger partial charge in [-0.3, -0.25) is 14.4 Å². The van der Waals surface area contributed by atoms with E-state index in [0.29, 0.717) is 18.0 Å². The van der Waals surface area contributed by atoms with Crippen LogP contribution in [0.4, 0.5) is 5.69 Å². The minimum absolute atomic E-state index is 0.0739. The molecule has 29 heavy (non-hydrogen) atoms. The van der Waals surface area contributed by atoms with E-state index < -0.39 is 24.4 Å². The van der Waals surface area contributed by atoms with E-state index >= 15 is 0 Å². The first-order chi connectivity index (χ1) is 14.1. The van der Waals surface area contributed by atoms with Crippen molar-refractivity contribution in [3.05, 3.63) is 66.6 Å². The number of esters is 1. The van der Waals surface area contributed by atoms with Gasteiger partial charge in [-0.15, -0.1) is 0 Å². The van der Waals surface area contributed by atoms with Crippen molar-refractivity contribution in [2.75, 3.05) is 18.5 Å². The number of nitrogens with zero attached hydrogens (tertiary/aromatic N) is 1. The zero-order valence-corrected chi connectivity index (χ0v) is 15.7. The molecule has 1 atom stereocenters. The molecule has 2 amide bonds. The first-order valence-electron chi connectivity index (χ1n) is 9.34. The molecule has 1 aromatic heterocycles. The maximum atomic E-state index is 12.3. The van der Waals surface area contributed by atoms with Gasteiger partial charge in [0.1, 0.15) is 5.76 Å². The minimum Gasteiger partial charge on any atom is -0.467 e. The first kappa shape index (κ1) is 18.7. The van der Waals surface area contributed by atoms with Crippen molar-refractivity contribution in [1.29, 1.82) is 0 Å². The molecule has 1 aliphatic rings. The van der Waals surface area contributed by atoms with Crippen molar-refractivity contribution in [3.63, 3.8) is 0 Å². The van der Waals surface area contributed by atoms with Gasteiger partial charge in [0, 0.05) is 24.0 Å². The summed E-state index contributed by atoms with van der Waals surface area (Å²) in [7, 11) is 0. The van der Waals surface area contributed by atoms with Crippen LogP contribution in [0.5, 0.6) is 0 Å². The Bertz CT molecular complexity index is 1040. The molecule has 148 valence electrons. The number of ether oxygens (including phenoxy) is 1. The van der Waals surface area contributed by atoms with Gasteiger partial charge < -0.3 is 19.4 Å². The van der Waals surface area contributed by atoms with Gasteiger partial charge in [-0.1, -0.05) is 36.4 Å². The molecule has 0 spiro atoms. The fourth-order valence-corrected chi connectivity index (χ4v) is 3.45. The SMILES string of the molecule is O=C(COC(=O)[C@H]1CC(=O)N(Cc2ccco2)C1)Nc1cccc2ccccc12. The van der Waals surface area contributed by atoms with Crippen LogP contribution in [-0.2, 0) is 25.7 Å². The van der Waals surface area contributed by atoms with Crippen LogP contribution in [0.25, 0.3) is 10.8 Å². The summed E-state index contributed by atoms with van der Waals surface area (Å²) in [6.07, 6.45) is 1.61. The van der Waals surface area contributed by atoms with E-state index in [4.69, 9.17) is 9.15 Å². The van der Waals surface area contributed by atoms with E-state index in [2.05, 4.69) is 5.32 Å². The highest BCUT2D eigenvalue weighted by Crippen LogP contribution is 2.23. The van der Waals surface area contributed by atoms with Crippen molar-refractivity contribution in [1.82, 2.24) is 4.90 Å². The molecule has 0 unspecified atom stereocenters. The highest BCUT2D eigenvalue weighted by Gasteiger charge is 2.35. The van der Waals surface area contributed by atoms with Crippen molar-refractivity contribution in [2.24, 2.45) is 5.92 Å². The van der Waals surface area contributed by atoms with E-state index in [1.807, 2.05) is 36.4 Å². The summed E-state index contributed by atoms with van der Waals surface area (Å²) in [4.78, 5) is 38.2. The van der Waals surface area contributed by atoms with E-state index in [1.54, 1.807) is 23.1 Å². The van der Waals surface area contributed by atoms with E-state index in [1.165, 1.54) is 6.26 Å². The molecule has 1 N–H and O–H groups in total. The van der Waals surface area contributed by atoms with Gasteiger partial charge in [-0.05, 0) is 23.6 Å². The molecular weight excluding hydrogens is 372 g/mol. The van der Waals surface area contributed by atoms with Crippen LogP contribution in [0.15, 0.2) is 65.3 Å². The van der Waals surface area contributed by atoms with Gasteiger partial charge in [0.15, 0.2) is 6.61 Å². The number of carbonyl (C=O) groups excluding carboxylic acids is 3. The maximum absolute atomic E-state index is 12.3. The number of rotatable bonds is 6. The molecule has 4 rings (SSSR count). The Morgan fingerprint density at radius 3 is 2.76 bits per heavy atom. The molecular formula is C22H20N2O5. The fraction of sp³-hybridized carbons (Fsp3) is 0.227. The lowest BCUT2D eigenvalue weighted by Gasteiger charge is -2.14. The highest BCUT2D eigenvalue weighted by molar-refractivity contribution is 6.02. The third-order valence-electron chi connectivity index (χ3n) is 4.88. The average Bonchev–Trinajstić information content (AvgIpc) is 3.37. The Morgan fingerprint density at radius 2 is 1.93 bits per heavy atom. The van der Waals surface area contributed by atoms with E-state index in [-0.39, 0.29) is 18.9 Å². The van der Waals surface area contributed by atoms with Crippen LogP contribution < -0.4 is 5.32 Å². The Morgan fingerprint density at radius 1 is 1.10 bits per heavy atom. The van der Waals surface area contributed by atoms with Crippen LogP contribution >= 0.6 is 0 Å². The number of anilines is 1. The Hall–Kier alpha value is -3.61. The molecule has 0 aliphatic carbocycles. The monoisotopic (exact) mass is 392 g/mol. The topological polar surface area (TPSA) is 88.9 Å². The minimum atomic E-state index is -0.581. The number of fused-ring (bicyclic) bond motifs is 1. The van der Waals surface area contributed by atoms with Crippen LogP contribution in [0.2, 0.25) is 0 Å². The van der Waals surface area contributed by atoms with Gasteiger partial charge in [-0.2, -0.15) is 0 Å². The van der Waals surface area contributed by atoms with Gasteiger partial charge in [0.25, 0.3) is 5.91 Å². The second-order valence-corrected chi connectivity index (χ2v) is 6.94. The lowest BCUT2D eigenvalue weighted by atomic mass is 10.1. The molecule has 0 bridgehead atoms. The summed E-state index contributed by atoms with van der Waals surface area (Å²) in [6.45, 7) is 0.172. The number of nitrogens with one attached hydrogen (secondary N) is 1. The third kappa shape index (κ3) is 4.29. The van der Waals surface area contributed by atoms with Crippen LogP contribution in [-0.4, -0.2) is 35.8 Å². The second-order valence-electron chi connectivity index (χ2n) is 6.94. The lowest BCUT2D eigenvalue weighted by molar-refractivity contribution is -0.151. The number of hydrogen-bond acceptors (Lipinski definition) is 5. The smallest absolute Gasteiger partial charge is 0.311 e. The summed E-state index contributed by atoms with van der Waals surface area (Å²) in [5.41, 5.74) is 0.657. The van der Waals surface area contributed by atoms with Crippen molar-refractivity contribution >= 4 is 34.2 Å². The standard InChI is InChI=1S/C22H20N2O5/c25-20(23-19-9-3-6-15-5-1-2-8-18(15)19)14-29-22(27)16-11-21(26)24(12-16)13-17-7-4-10-28-17/h1-10,16H,11-14H2,(H,23,25)/t16-/m0/s1. The zero-order valence-electron chi connectivity index (χ0n) is 15.7. The van der Waals surface area contributed by atoms with Crippen LogP contribution in [0, 0.1) is 5.92 Å². The van der Waals surface area contributed by atoms with Crippen molar-refractivity contribution in [2.45, 2.75) is 13.0 Å². The quantitative estimate of drug-likeness (QED) is 0.652. The number of furan rings is 1. The largest absolute Gasteiger partial charge is 0.467 e. The van der Waals surface area contributed by atoms with Crippen molar-refractivity contribution < 1.29 is 23.5 Å². The molecule has 7 nitrogen and oxygen atoms in total. The Labute approximate surface area is 167 Å². The van der Waals surface area contributed by atoms with Gasteiger partial charge in [0.05, 0.1) is 18.7 Å². The second kappa shape index (κ2) is 8.18. The number of benzene rings is 2. The number of carbonyl (C=O) groups is 3. The predicted molar refractivity (Wildman–Crippen MR) is 106 cm³/mol. The van der Waals surface area contributed by atoms with Gasteiger partial charge in [-0.25, -0.2) is 0 Å². The molecule has 1 aliphatic heterocycles. The van der Waals surface area contributed by atoms with E-state index in [0.717, 1.165) is 10.8 Å². The highest BCUT2D eigenvalue weighted by atomic mass is 16.5. The van der Waals surface area contributed by atoms with Crippen LogP contribution in [0.1, 0.15) is 12.2 Å². The third-order valence-corrected chi connectivity index (χ3v) is 4.88. The predicted octanol–water partition coefficient (Wildman–Crippen LogP) is 2.96.